The van der Waals surface area contributed by atoms with Gasteiger partial charge in [-0.2, -0.15) is 0 Å². The van der Waals surface area contributed by atoms with Crippen molar-refractivity contribution >= 4 is 5.91 Å². The summed E-state index contributed by atoms with van der Waals surface area (Å²) in [4.78, 5) is 14.3. The molecule has 0 spiro atoms. The predicted molar refractivity (Wildman–Crippen MR) is 75.0 cm³/mol. The third-order valence-corrected chi connectivity index (χ3v) is 4.06. The average Bonchev–Trinajstić information content (AvgIpc) is 2.82. The Morgan fingerprint density at radius 3 is 2.70 bits per heavy atom. The van der Waals surface area contributed by atoms with Gasteiger partial charge in [0.2, 0.25) is 0 Å². The number of fused-ring (bicyclic) bond motifs is 1. The molecule has 0 N–H and O–H groups in total. The van der Waals surface area contributed by atoms with Gasteiger partial charge in [-0.3, -0.25) is 4.79 Å². The number of aromatic nitrogens is 1. The second-order valence-corrected chi connectivity index (χ2v) is 5.21. The molecule has 0 bridgehead atoms. The lowest BCUT2D eigenvalue weighted by atomic mass is 10.1. The molecule has 4 heteroatoms. The van der Waals surface area contributed by atoms with Crippen LogP contribution >= 0.6 is 0 Å². The van der Waals surface area contributed by atoms with Crippen molar-refractivity contribution < 1.29 is 9.18 Å². The topological polar surface area (TPSA) is 25.2 Å². The Labute approximate surface area is 117 Å². The van der Waals surface area contributed by atoms with Crippen LogP contribution in [0, 0.1) is 12.7 Å². The molecular weight excluding hydrogens is 255 g/mol. The zero-order valence-electron chi connectivity index (χ0n) is 11.6. The number of nitrogens with zero attached hydrogens (tertiary/aromatic N) is 2. The van der Waals surface area contributed by atoms with Crippen LogP contribution in [0.2, 0.25) is 0 Å². The van der Waals surface area contributed by atoms with Gasteiger partial charge in [0.15, 0.2) is 0 Å². The molecular formula is C16H17FN2O. The summed E-state index contributed by atoms with van der Waals surface area (Å²) >= 11 is 0. The first-order valence-corrected chi connectivity index (χ1v) is 6.81. The van der Waals surface area contributed by atoms with Crippen molar-refractivity contribution in [1.29, 1.82) is 0 Å². The maximum Gasteiger partial charge on any atom is 0.257 e. The fraction of sp³-hybridized carbons (Fsp3) is 0.312. The van der Waals surface area contributed by atoms with E-state index in [9.17, 15) is 9.18 Å². The smallest absolute Gasteiger partial charge is 0.257 e. The van der Waals surface area contributed by atoms with E-state index < -0.39 is 5.82 Å². The van der Waals surface area contributed by atoms with Crippen molar-refractivity contribution in [3.63, 3.8) is 0 Å². The van der Waals surface area contributed by atoms with E-state index in [1.54, 1.807) is 23.1 Å². The van der Waals surface area contributed by atoms with Gasteiger partial charge in [0, 0.05) is 24.5 Å². The summed E-state index contributed by atoms with van der Waals surface area (Å²) in [6.07, 6.45) is 0. The normalized spacial score (nSPS) is 17.9. The van der Waals surface area contributed by atoms with Gasteiger partial charge >= 0.3 is 0 Å². The van der Waals surface area contributed by atoms with Gasteiger partial charge in [-0.15, -0.1) is 0 Å². The van der Waals surface area contributed by atoms with Gasteiger partial charge in [0.05, 0.1) is 11.6 Å². The minimum atomic E-state index is -0.457. The number of halogens is 1. The van der Waals surface area contributed by atoms with Crippen LogP contribution in [0.1, 0.15) is 34.7 Å². The highest BCUT2D eigenvalue weighted by Crippen LogP contribution is 2.28. The summed E-state index contributed by atoms with van der Waals surface area (Å²) in [6, 6.07) is 10.2. The number of rotatable bonds is 1. The predicted octanol–water partition coefficient (Wildman–Crippen LogP) is 3.15. The second kappa shape index (κ2) is 4.78. The van der Waals surface area contributed by atoms with Crippen LogP contribution in [0.25, 0.3) is 0 Å². The van der Waals surface area contributed by atoms with Crippen LogP contribution in [-0.4, -0.2) is 21.9 Å². The lowest BCUT2D eigenvalue weighted by Crippen LogP contribution is -2.41. The zero-order valence-corrected chi connectivity index (χ0v) is 11.6. The van der Waals surface area contributed by atoms with Crippen molar-refractivity contribution in [2.45, 2.75) is 26.4 Å². The van der Waals surface area contributed by atoms with Crippen LogP contribution in [0.3, 0.4) is 0 Å². The van der Waals surface area contributed by atoms with Crippen LogP contribution < -0.4 is 0 Å². The summed E-state index contributed by atoms with van der Waals surface area (Å²) in [5, 5.41) is 0. The molecule has 2 heterocycles. The fourth-order valence-corrected chi connectivity index (χ4v) is 2.89. The van der Waals surface area contributed by atoms with Gasteiger partial charge in [0.1, 0.15) is 5.82 Å². The van der Waals surface area contributed by atoms with E-state index in [1.165, 1.54) is 11.8 Å². The molecule has 1 amide bonds. The molecule has 20 heavy (non-hydrogen) atoms. The largest absolute Gasteiger partial charge is 0.345 e. The molecule has 2 aromatic rings. The number of benzene rings is 1. The van der Waals surface area contributed by atoms with E-state index in [0.717, 1.165) is 12.2 Å². The van der Waals surface area contributed by atoms with Crippen molar-refractivity contribution in [3.05, 3.63) is 59.2 Å². The molecule has 0 aliphatic carbocycles. The van der Waals surface area contributed by atoms with E-state index in [-0.39, 0.29) is 17.5 Å². The first-order valence-electron chi connectivity index (χ1n) is 6.81. The van der Waals surface area contributed by atoms with Gasteiger partial charge in [-0.25, -0.2) is 4.39 Å². The van der Waals surface area contributed by atoms with Gasteiger partial charge in [0.25, 0.3) is 5.91 Å². The number of hydrogen-bond donors (Lipinski definition) is 0. The summed E-state index contributed by atoms with van der Waals surface area (Å²) in [5.74, 6) is -0.692. The molecule has 1 unspecified atom stereocenters. The van der Waals surface area contributed by atoms with Gasteiger partial charge < -0.3 is 9.47 Å². The standard InChI is InChI=1S/C16H17FN2O/c1-11-7-8-15-12(2)19(10-9-18(11)15)16(20)13-5-3-4-6-14(13)17/h3-8,12H,9-10H2,1-2H3. The van der Waals surface area contributed by atoms with Crippen molar-refractivity contribution in [2.75, 3.05) is 6.54 Å². The highest BCUT2D eigenvalue weighted by atomic mass is 19.1. The summed E-state index contributed by atoms with van der Waals surface area (Å²) < 4.78 is 16.0. The number of hydrogen-bond acceptors (Lipinski definition) is 1. The van der Waals surface area contributed by atoms with Gasteiger partial charge in [-0.1, -0.05) is 12.1 Å². The Bertz CT molecular complexity index is 662. The molecule has 104 valence electrons. The molecule has 0 radical (unpaired) electrons. The minimum absolute atomic E-state index is 0.0374. The van der Waals surface area contributed by atoms with Crippen LogP contribution in [0.5, 0.6) is 0 Å². The monoisotopic (exact) mass is 272 g/mol. The van der Waals surface area contributed by atoms with E-state index in [2.05, 4.69) is 17.6 Å². The molecule has 0 fully saturated rings. The zero-order chi connectivity index (χ0) is 14.3. The molecule has 3 rings (SSSR count). The first-order chi connectivity index (χ1) is 9.59. The van der Waals surface area contributed by atoms with E-state index >= 15 is 0 Å². The number of carbonyl (C=O) groups excluding carboxylic acids is 1. The van der Waals surface area contributed by atoms with Crippen LogP contribution in [0.15, 0.2) is 36.4 Å². The quantitative estimate of drug-likeness (QED) is 0.783. The van der Waals surface area contributed by atoms with Crippen molar-refractivity contribution in [1.82, 2.24) is 9.47 Å². The van der Waals surface area contributed by atoms with Gasteiger partial charge in [-0.05, 0) is 38.1 Å². The number of carbonyl (C=O) groups is 1. The highest BCUT2D eigenvalue weighted by Gasteiger charge is 2.29. The molecule has 0 saturated carbocycles. The Morgan fingerprint density at radius 2 is 1.95 bits per heavy atom. The Morgan fingerprint density at radius 1 is 1.20 bits per heavy atom. The Balaban J connectivity index is 1.93. The molecule has 1 aliphatic rings. The lowest BCUT2D eigenvalue weighted by molar-refractivity contribution is 0.0638. The third kappa shape index (κ3) is 1.92. The Kier molecular flexibility index (Phi) is 3.08. The van der Waals surface area contributed by atoms with Crippen molar-refractivity contribution in [2.24, 2.45) is 0 Å². The molecule has 1 aromatic carbocycles. The highest BCUT2D eigenvalue weighted by molar-refractivity contribution is 5.94. The molecule has 1 aromatic heterocycles. The SMILES string of the molecule is Cc1ccc2n1CCN(C(=O)c1ccccc1F)C2C. The van der Waals surface area contributed by atoms with Crippen LogP contribution in [0.4, 0.5) is 4.39 Å². The molecule has 1 atom stereocenters. The van der Waals surface area contributed by atoms with E-state index in [0.29, 0.717) is 6.54 Å². The lowest BCUT2D eigenvalue weighted by Gasteiger charge is -2.35. The van der Waals surface area contributed by atoms with Crippen LogP contribution in [-0.2, 0) is 6.54 Å². The minimum Gasteiger partial charge on any atom is -0.345 e. The second-order valence-electron chi connectivity index (χ2n) is 5.21. The maximum atomic E-state index is 13.8. The van der Waals surface area contributed by atoms with E-state index in [1.807, 2.05) is 13.0 Å². The molecule has 3 nitrogen and oxygen atoms in total. The fourth-order valence-electron chi connectivity index (χ4n) is 2.89. The average molecular weight is 272 g/mol. The summed E-state index contributed by atoms with van der Waals surface area (Å²) in [5.41, 5.74) is 2.46. The molecule has 0 saturated heterocycles. The third-order valence-electron chi connectivity index (χ3n) is 4.06. The van der Waals surface area contributed by atoms with Crippen molar-refractivity contribution in [3.8, 4) is 0 Å². The molecule has 1 aliphatic heterocycles. The number of aryl methyl sites for hydroxylation is 1. The Hall–Kier alpha value is -2.10. The first kappa shape index (κ1) is 12.9. The summed E-state index contributed by atoms with van der Waals surface area (Å²) in [6.45, 7) is 5.42. The number of amides is 1. The van der Waals surface area contributed by atoms with E-state index in [4.69, 9.17) is 0 Å². The maximum absolute atomic E-state index is 13.8. The summed E-state index contributed by atoms with van der Waals surface area (Å²) in [7, 11) is 0.